The number of rotatable bonds is 8. The fourth-order valence-corrected chi connectivity index (χ4v) is 3.73. The van der Waals surface area contributed by atoms with Crippen LogP contribution >= 0.6 is 23.1 Å². The van der Waals surface area contributed by atoms with E-state index >= 15 is 0 Å². The molecule has 1 N–H and O–H groups in total. The fourth-order valence-electron chi connectivity index (χ4n) is 1.56. The minimum atomic E-state index is -4.36. The van der Waals surface area contributed by atoms with Crippen molar-refractivity contribution in [2.75, 3.05) is 12.3 Å². The van der Waals surface area contributed by atoms with E-state index < -0.39 is 11.9 Å². The second-order valence-corrected chi connectivity index (χ2v) is 7.16. The van der Waals surface area contributed by atoms with Gasteiger partial charge in [-0.3, -0.25) is 0 Å². The summed E-state index contributed by atoms with van der Waals surface area (Å²) in [6, 6.07) is 0. The molecule has 1 heterocycles. The Morgan fingerprint density at radius 2 is 2.05 bits per heavy atom. The Bertz CT molecular complexity index is 403. The third kappa shape index (κ3) is 6.01. The number of hydrogen-bond acceptors (Lipinski definition) is 4. The third-order valence-corrected chi connectivity index (χ3v) is 5.02. The molecule has 0 atom stereocenters. The standard InChI is InChI=1S/C13H21F3N2S2/c1-4-5-17-6-10-12(13(14,15)16)18-11(20-10)8-19-7-9(2)3/h9,17H,4-8H2,1-3H3. The lowest BCUT2D eigenvalue weighted by Crippen LogP contribution is -2.17. The minimum Gasteiger partial charge on any atom is -0.312 e. The van der Waals surface area contributed by atoms with E-state index in [4.69, 9.17) is 0 Å². The first kappa shape index (κ1) is 17.8. The van der Waals surface area contributed by atoms with E-state index in [2.05, 4.69) is 24.1 Å². The van der Waals surface area contributed by atoms with E-state index in [1.54, 1.807) is 11.8 Å². The van der Waals surface area contributed by atoms with E-state index in [1.807, 2.05) is 6.92 Å². The van der Waals surface area contributed by atoms with Crippen molar-refractivity contribution in [1.29, 1.82) is 0 Å². The third-order valence-electron chi connectivity index (χ3n) is 2.40. The molecule has 0 saturated heterocycles. The monoisotopic (exact) mass is 326 g/mol. The molecule has 20 heavy (non-hydrogen) atoms. The van der Waals surface area contributed by atoms with Crippen LogP contribution in [0.5, 0.6) is 0 Å². The molecule has 0 radical (unpaired) electrons. The van der Waals surface area contributed by atoms with Gasteiger partial charge in [0, 0.05) is 12.3 Å². The molecule has 0 spiro atoms. The van der Waals surface area contributed by atoms with Gasteiger partial charge in [0.2, 0.25) is 0 Å². The second-order valence-electron chi connectivity index (χ2n) is 4.96. The molecule has 2 nitrogen and oxygen atoms in total. The maximum atomic E-state index is 12.9. The molecule has 1 aromatic heterocycles. The van der Waals surface area contributed by atoms with Crippen LogP contribution < -0.4 is 5.32 Å². The maximum Gasteiger partial charge on any atom is 0.434 e. The summed E-state index contributed by atoms with van der Waals surface area (Å²) in [4.78, 5) is 4.09. The predicted octanol–water partition coefficient (Wildman–Crippen LogP) is 4.55. The van der Waals surface area contributed by atoms with E-state index in [1.165, 1.54) is 11.3 Å². The fraction of sp³-hybridized carbons (Fsp3) is 0.769. The Morgan fingerprint density at radius 1 is 1.35 bits per heavy atom. The highest BCUT2D eigenvalue weighted by Gasteiger charge is 2.37. The lowest BCUT2D eigenvalue weighted by Gasteiger charge is -2.06. The molecular weight excluding hydrogens is 305 g/mol. The number of alkyl halides is 3. The molecule has 0 aliphatic rings. The Morgan fingerprint density at radius 3 is 2.60 bits per heavy atom. The molecule has 0 aliphatic carbocycles. The molecule has 7 heteroatoms. The van der Waals surface area contributed by atoms with Gasteiger partial charge in [-0.05, 0) is 24.6 Å². The quantitative estimate of drug-likeness (QED) is 0.709. The van der Waals surface area contributed by atoms with Gasteiger partial charge in [0.1, 0.15) is 5.01 Å². The van der Waals surface area contributed by atoms with Crippen molar-refractivity contribution >= 4 is 23.1 Å². The van der Waals surface area contributed by atoms with E-state index in [-0.39, 0.29) is 6.54 Å². The normalized spacial score (nSPS) is 12.3. The van der Waals surface area contributed by atoms with Gasteiger partial charge < -0.3 is 5.32 Å². The van der Waals surface area contributed by atoms with Crippen LogP contribution in [0.1, 0.15) is 42.8 Å². The summed E-state index contributed by atoms with van der Waals surface area (Å²) in [5, 5.41) is 3.58. The largest absolute Gasteiger partial charge is 0.434 e. The zero-order valence-electron chi connectivity index (χ0n) is 12.0. The first-order valence-electron chi connectivity index (χ1n) is 6.68. The van der Waals surface area contributed by atoms with E-state index in [0.717, 1.165) is 12.2 Å². The van der Waals surface area contributed by atoms with Crippen LogP contribution in [-0.4, -0.2) is 17.3 Å². The Balaban J connectivity index is 2.72. The molecule has 0 aromatic carbocycles. The molecule has 1 aromatic rings. The number of nitrogens with one attached hydrogen (secondary N) is 1. The van der Waals surface area contributed by atoms with Crippen LogP contribution in [-0.2, 0) is 18.5 Å². The van der Waals surface area contributed by atoms with Crippen molar-refractivity contribution in [3.05, 3.63) is 15.6 Å². The van der Waals surface area contributed by atoms with Crippen LogP contribution in [0.4, 0.5) is 13.2 Å². The minimum absolute atomic E-state index is 0.245. The summed E-state index contributed by atoms with van der Waals surface area (Å²) in [5.41, 5.74) is -0.716. The lowest BCUT2D eigenvalue weighted by molar-refractivity contribution is -0.141. The van der Waals surface area contributed by atoms with E-state index in [0.29, 0.717) is 28.1 Å². The summed E-state index contributed by atoms with van der Waals surface area (Å²) in [6.07, 6.45) is -3.46. The highest BCUT2D eigenvalue weighted by Crippen LogP contribution is 2.35. The first-order valence-corrected chi connectivity index (χ1v) is 8.66. The summed E-state index contributed by atoms with van der Waals surface area (Å²) < 4.78 is 38.8. The van der Waals surface area contributed by atoms with Crippen LogP contribution in [0.3, 0.4) is 0 Å². The number of nitrogens with zero attached hydrogens (tertiary/aromatic N) is 1. The molecule has 0 unspecified atom stereocenters. The number of aromatic nitrogens is 1. The highest BCUT2D eigenvalue weighted by molar-refractivity contribution is 7.98. The average Bonchev–Trinajstić information content (AvgIpc) is 2.72. The van der Waals surface area contributed by atoms with Gasteiger partial charge in [-0.1, -0.05) is 20.8 Å². The van der Waals surface area contributed by atoms with Gasteiger partial charge in [0.05, 0.1) is 4.88 Å². The number of halogens is 3. The van der Waals surface area contributed by atoms with Crippen molar-refractivity contribution in [3.8, 4) is 0 Å². The van der Waals surface area contributed by atoms with Crippen LogP contribution in [0.15, 0.2) is 0 Å². The molecular formula is C13H21F3N2S2. The SMILES string of the molecule is CCCNCc1sc(CSCC(C)C)nc1C(F)(F)F. The van der Waals surface area contributed by atoms with Gasteiger partial charge in [-0.2, -0.15) is 24.9 Å². The highest BCUT2D eigenvalue weighted by atomic mass is 32.2. The van der Waals surface area contributed by atoms with Gasteiger partial charge in [0.15, 0.2) is 5.69 Å². The summed E-state index contributed by atoms with van der Waals surface area (Å²) in [6.45, 7) is 7.13. The topological polar surface area (TPSA) is 24.9 Å². The lowest BCUT2D eigenvalue weighted by atomic mass is 10.3. The van der Waals surface area contributed by atoms with Crippen LogP contribution in [0, 0.1) is 5.92 Å². The molecule has 0 fully saturated rings. The summed E-state index contributed by atoms with van der Waals surface area (Å²) in [5.74, 6) is 2.03. The van der Waals surface area contributed by atoms with Gasteiger partial charge in [-0.15, -0.1) is 11.3 Å². The Labute approximate surface area is 126 Å². The summed E-state index contributed by atoms with van der Waals surface area (Å²) in [7, 11) is 0. The Kier molecular flexibility index (Phi) is 7.33. The molecule has 0 amide bonds. The number of thioether (sulfide) groups is 1. The van der Waals surface area contributed by atoms with Crippen LogP contribution in [0.25, 0.3) is 0 Å². The van der Waals surface area contributed by atoms with Crippen LogP contribution in [0.2, 0.25) is 0 Å². The predicted molar refractivity (Wildman–Crippen MR) is 80.1 cm³/mol. The zero-order chi connectivity index (χ0) is 15.2. The first-order chi connectivity index (χ1) is 9.34. The Hall–Kier alpha value is -0.270. The molecule has 0 bridgehead atoms. The summed E-state index contributed by atoms with van der Waals surface area (Å²) >= 11 is 2.81. The number of thiazole rings is 1. The average molecular weight is 326 g/mol. The second kappa shape index (κ2) is 8.24. The zero-order valence-corrected chi connectivity index (χ0v) is 13.6. The van der Waals surface area contributed by atoms with Crippen molar-refractivity contribution in [1.82, 2.24) is 10.3 Å². The smallest absolute Gasteiger partial charge is 0.312 e. The molecule has 0 aliphatic heterocycles. The molecule has 0 saturated carbocycles. The van der Waals surface area contributed by atoms with E-state index in [9.17, 15) is 13.2 Å². The van der Waals surface area contributed by atoms with Crippen molar-refractivity contribution in [3.63, 3.8) is 0 Å². The van der Waals surface area contributed by atoms with Crippen molar-refractivity contribution < 1.29 is 13.2 Å². The van der Waals surface area contributed by atoms with Gasteiger partial charge in [0.25, 0.3) is 0 Å². The van der Waals surface area contributed by atoms with Gasteiger partial charge >= 0.3 is 6.18 Å². The van der Waals surface area contributed by atoms with Crippen molar-refractivity contribution in [2.45, 2.75) is 45.7 Å². The van der Waals surface area contributed by atoms with Crippen molar-refractivity contribution in [2.24, 2.45) is 5.92 Å². The molecule has 116 valence electrons. The molecule has 1 rings (SSSR count). The van der Waals surface area contributed by atoms with Gasteiger partial charge in [-0.25, -0.2) is 4.98 Å². The maximum absolute atomic E-state index is 12.9. The number of hydrogen-bond donors (Lipinski definition) is 1.